The zero-order valence-corrected chi connectivity index (χ0v) is 15.4. The maximum absolute atomic E-state index is 5.44. The third-order valence-electron chi connectivity index (χ3n) is 3.59. The third kappa shape index (κ3) is 7.48. The number of aliphatic imine (C=N–C) groups is 1. The van der Waals surface area contributed by atoms with E-state index < -0.39 is 0 Å². The van der Waals surface area contributed by atoms with E-state index in [1.165, 1.54) is 11.1 Å². The number of hydrogen-bond acceptors (Lipinski definition) is 3. The Labute approximate surface area is 141 Å². The van der Waals surface area contributed by atoms with E-state index in [4.69, 9.17) is 9.73 Å². The number of guanidine groups is 1. The van der Waals surface area contributed by atoms with Crippen LogP contribution in [0, 0.1) is 0 Å². The molecule has 0 aliphatic carbocycles. The highest BCUT2D eigenvalue weighted by Crippen LogP contribution is 2.12. The molecule has 0 saturated carbocycles. The average Bonchev–Trinajstić information content (AvgIpc) is 2.51. The summed E-state index contributed by atoms with van der Waals surface area (Å²) in [5, 5.41) is 6.63. The smallest absolute Gasteiger partial charge is 0.191 e. The van der Waals surface area contributed by atoms with Crippen LogP contribution < -0.4 is 10.6 Å². The first-order valence-corrected chi connectivity index (χ1v) is 8.17. The topological polar surface area (TPSA) is 48.9 Å². The zero-order chi connectivity index (χ0) is 17.3. The predicted molar refractivity (Wildman–Crippen MR) is 97.7 cm³/mol. The minimum absolute atomic E-state index is 0.223. The summed E-state index contributed by atoms with van der Waals surface area (Å²) >= 11 is 0. The minimum atomic E-state index is -0.223. The van der Waals surface area contributed by atoms with Gasteiger partial charge in [0, 0.05) is 26.7 Å². The number of benzene rings is 1. The van der Waals surface area contributed by atoms with Gasteiger partial charge < -0.3 is 20.3 Å². The fourth-order valence-electron chi connectivity index (χ4n) is 2.08. The SMILES string of the molecule is CCNC(=NCc1ccccc1CN(C)C)NCC(C)(C)OC. The van der Waals surface area contributed by atoms with Crippen molar-refractivity contribution in [3.05, 3.63) is 35.4 Å². The van der Waals surface area contributed by atoms with Crippen LogP contribution in [0.2, 0.25) is 0 Å². The summed E-state index contributed by atoms with van der Waals surface area (Å²) in [6.07, 6.45) is 0. The Morgan fingerprint density at radius 3 is 2.39 bits per heavy atom. The van der Waals surface area contributed by atoms with Gasteiger partial charge in [0.2, 0.25) is 0 Å². The molecule has 0 radical (unpaired) electrons. The molecule has 130 valence electrons. The molecule has 0 heterocycles. The molecule has 0 amide bonds. The lowest BCUT2D eigenvalue weighted by atomic mass is 10.1. The molecule has 5 heteroatoms. The summed E-state index contributed by atoms with van der Waals surface area (Å²) in [6.45, 7) is 9.29. The second-order valence-corrected chi connectivity index (χ2v) is 6.52. The molecule has 0 atom stereocenters. The highest BCUT2D eigenvalue weighted by molar-refractivity contribution is 5.79. The van der Waals surface area contributed by atoms with Crippen molar-refractivity contribution >= 4 is 5.96 Å². The Kier molecular flexibility index (Phi) is 8.06. The van der Waals surface area contributed by atoms with Gasteiger partial charge in [-0.05, 0) is 46.0 Å². The van der Waals surface area contributed by atoms with Crippen molar-refractivity contribution in [1.29, 1.82) is 0 Å². The van der Waals surface area contributed by atoms with Gasteiger partial charge in [-0.25, -0.2) is 4.99 Å². The predicted octanol–water partition coefficient (Wildman–Crippen LogP) is 2.23. The molecule has 0 aromatic heterocycles. The normalized spacial score (nSPS) is 12.6. The minimum Gasteiger partial charge on any atom is -0.377 e. The zero-order valence-electron chi connectivity index (χ0n) is 15.4. The molecular formula is C18H32N4O. The maximum atomic E-state index is 5.44. The molecule has 0 aliphatic rings. The van der Waals surface area contributed by atoms with Crippen molar-refractivity contribution in [1.82, 2.24) is 15.5 Å². The van der Waals surface area contributed by atoms with Crippen LogP contribution in [0.15, 0.2) is 29.3 Å². The highest BCUT2D eigenvalue weighted by atomic mass is 16.5. The molecule has 5 nitrogen and oxygen atoms in total. The lowest BCUT2D eigenvalue weighted by Crippen LogP contribution is -2.45. The lowest BCUT2D eigenvalue weighted by molar-refractivity contribution is 0.0268. The van der Waals surface area contributed by atoms with E-state index in [0.717, 1.165) is 19.0 Å². The molecule has 1 aromatic rings. The summed E-state index contributed by atoms with van der Waals surface area (Å²) in [4.78, 5) is 6.88. The van der Waals surface area contributed by atoms with E-state index in [-0.39, 0.29) is 5.60 Å². The molecule has 0 spiro atoms. The third-order valence-corrected chi connectivity index (χ3v) is 3.59. The first-order valence-electron chi connectivity index (χ1n) is 8.17. The van der Waals surface area contributed by atoms with Crippen LogP contribution in [0.25, 0.3) is 0 Å². The molecule has 0 fully saturated rings. The molecule has 0 saturated heterocycles. The largest absolute Gasteiger partial charge is 0.377 e. The summed E-state index contributed by atoms with van der Waals surface area (Å²) in [5.74, 6) is 0.817. The average molecular weight is 320 g/mol. The van der Waals surface area contributed by atoms with Gasteiger partial charge in [-0.3, -0.25) is 0 Å². The first kappa shape index (κ1) is 19.5. The van der Waals surface area contributed by atoms with Crippen molar-refractivity contribution < 1.29 is 4.74 Å². The molecular weight excluding hydrogens is 288 g/mol. The van der Waals surface area contributed by atoms with E-state index in [1.807, 2.05) is 0 Å². The summed E-state index contributed by atoms with van der Waals surface area (Å²) in [5.41, 5.74) is 2.35. The van der Waals surface area contributed by atoms with E-state index in [9.17, 15) is 0 Å². The monoisotopic (exact) mass is 320 g/mol. The Hall–Kier alpha value is -1.59. The number of nitrogens with zero attached hydrogens (tertiary/aromatic N) is 2. The van der Waals surface area contributed by atoms with Gasteiger partial charge >= 0.3 is 0 Å². The highest BCUT2D eigenvalue weighted by Gasteiger charge is 2.16. The van der Waals surface area contributed by atoms with Gasteiger partial charge in [-0.2, -0.15) is 0 Å². The fourth-order valence-corrected chi connectivity index (χ4v) is 2.08. The van der Waals surface area contributed by atoms with Crippen molar-refractivity contribution in [3.63, 3.8) is 0 Å². The van der Waals surface area contributed by atoms with Gasteiger partial charge in [0.1, 0.15) is 0 Å². The fraction of sp³-hybridized carbons (Fsp3) is 0.611. The van der Waals surface area contributed by atoms with Gasteiger partial charge in [0.25, 0.3) is 0 Å². The summed E-state index contributed by atoms with van der Waals surface area (Å²) in [6, 6.07) is 8.46. The Morgan fingerprint density at radius 2 is 1.83 bits per heavy atom. The number of ether oxygens (including phenoxy) is 1. The number of hydrogen-bond donors (Lipinski definition) is 2. The number of methoxy groups -OCH3 is 1. The number of nitrogens with one attached hydrogen (secondary N) is 2. The molecule has 1 rings (SSSR count). The van der Waals surface area contributed by atoms with Crippen LogP contribution in [0.4, 0.5) is 0 Å². The van der Waals surface area contributed by atoms with Gasteiger partial charge in [-0.15, -0.1) is 0 Å². The van der Waals surface area contributed by atoms with Crippen molar-refractivity contribution in [3.8, 4) is 0 Å². The molecule has 2 N–H and O–H groups in total. The van der Waals surface area contributed by atoms with Crippen LogP contribution in [0.5, 0.6) is 0 Å². The van der Waals surface area contributed by atoms with Crippen LogP contribution in [0.3, 0.4) is 0 Å². The van der Waals surface area contributed by atoms with Crippen LogP contribution >= 0.6 is 0 Å². The standard InChI is InChI=1S/C18H32N4O/c1-7-19-17(21-14-18(2,3)23-6)20-12-15-10-8-9-11-16(15)13-22(4)5/h8-11H,7,12-14H2,1-6H3,(H2,19,20,21). The van der Waals surface area contributed by atoms with E-state index in [1.54, 1.807) is 7.11 Å². The second-order valence-electron chi connectivity index (χ2n) is 6.52. The molecule has 0 unspecified atom stereocenters. The maximum Gasteiger partial charge on any atom is 0.191 e. The Bertz CT molecular complexity index is 498. The molecule has 1 aromatic carbocycles. The lowest BCUT2D eigenvalue weighted by Gasteiger charge is -2.24. The molecule has 0 aliphatic heterocycles. The van der Waals surface area contributed by atoms with E-state index >= 15 is 0 Å². The summed E-state index contributed by atoms with van der Waals surface area (Å²) in [7, 11) is 5.89. The van der Waals surface area contributed by atoms with Crippen LogP contribution in [-0.2, 0) is 17.8 Å². The van der Waals surface area contributed by atoms with Gasteiger partial charge in [0.15, 0.2) is 5.96 Å². The molecule has 0 bridgehead atoms. The van der Waals surface area contributed by atoms with E-state index in [2.05, 4.69) is 74.7 Å². The Balaban J connectivity index is 2.77. The Morgan fingerprint density at radius 1 is 1.17 bits per heavy atom. The van der Waals surface area contributed by atoms with Crippen molar-refractivity contribution in [2.45, 2.75) is 39.5 Å². The van der Waals surface area contributed by atoms with Crippen LogP contribution in [0.1, 0.15) is 31.9 Å². The van der Waals surface area contributed by atoms with Crippen molar-refractivity contribution in [2.75, 3.05) is 34.3 Å². The number of rotatable bonds is 8. The second kappa shape index (κ2) is 9.53. The van der Waals surface area contributed by atoms with Gasteiger partial charge in [0.05, 0.1) is 12.1 Å². The summed E-state index contributed by atoms with van der Waals surface area (Å²) < 4.78 is 5.44. The van der Waals surface area contributed by atoms with Crippen LogP contribution in [-0.4, -0.2) is 50.8 Å². The van der Waals surface area contributed by atoms with E-state index in [0.29, 0.717) is 13.1 Å². The first-order chi connectivity index (χ1) is 10.9. The molecule has 23 heavy (non-hydrogen) atoms. The quantitative estimate of drug-likeness (QED) is 0.570. The van der Waals surface area contributed by atoms with Crippen molar-refractivity contribution in [2.24, 2.45) is 4.99 Å². The van der Waals surface area contributed by atoms with Gasteiger partial charge in [-0.1, -0.05) is 24.3 Å².